The monoisotopic (exact) mass is 764 g/mol. The number of benzene rings is 2. The van der Waals surface area contributed by atoms with Crippen LogP contribution in [0.4, 0.5) is 24.8 Å². The fraction of sp³-hybridized carbons (Fsp3) is 0.447. The zero-order chi connectivity index (χ0) is 38.1. The normalized spacial score (nSPS) is 20.5. The maximum Gasteiger partial charge on any atom is 0.334 e. The molecular formula is C38H40ClF3N8O4. The molecule has 3 aliphatic rings. The highest BCUT2D eigenvalue weighted by Crippen LogP contribution is 2.51. The van der Waals surface area contributed by atoms with Crippen molar-refractivity contribution in [1.29, 1.82) is 0 Å². The molecule has 0 bridgehead atoms. The maximum absolute atomic E-state index is 17.5. The molecule has 54 heavy (non-hydrogen) atoms. The SMILES string of the molecule is CNc1ncccc1[C@@H](C(=O)OC(C)(C)C)N1CCOc2c(Cl)c(-c3c(F)ccc4cnn(C)c34)c(F)c3nc(OC[C@@]45CCCN4C[C@H](F)C5)nc1c23. The van der Waals surface area contributed by atoms with E-state index in [4.69, 9.17) is 30.8 Å². The van der Waals surface area contributed by atoms with E-state index in [1.807, 2.05) is 0 Å². The lowest BCUT2D eigenvalue weighted by Gasteiger charge is -2.34. The van der Waals surface area contributed by atoms with Crippen molar-refractivity contribution < 1.29 is 32.2 Å². The number of anilines is 2. The number of alkyl halides is 1. The first kappa shape index (κ1) is 36.1. The summed E-state index contributed by atoms with van der Waals surface area (Å²) in [5.41, 5.74) is -1.35. The zero-order valence-corrected chi connectivity index (χ0v) is 31.3. The van der Waals surface area contributed by atoms with Crippen molar-refractivity contribution in [2.45, 2.75) is 63.4 Å². The van der Waals surface area contributed by atoms with Crippen molar-refractivity contribution in [3.05, 3.63) is 58.9 Å². The molecule has 8 rings (SSSR count). The van der Waals surface area contributed by atoms with Crippen molar-refractivity contribution in [3.8, 4) is 22.9 Å². The summed E-state index contributed by atoms with van der Waals surface area (Å²) in [6.45, 7) is 6.37. The Bertz CT molecular complexity index is 2300. The summed E-state index contributed by atoms with van der Waals surface area (Å²) >= 11 is 7.08. The van der Waals surface area contributed by atoms with Gasteiger partial charge in [-0.25, -0.2) is 22.9 Å². The highest BCUT2D eigenvalue weighted by Gasteiger charge is 2.49. The fourth-order valence-corrected chi connectivity index (χ4v) is 8.55. The first-order chi connectivity index (χ1) is 25.8. The molecule has 3 atom stereocenters. The summed E-state index contributed by atoms with van der Waals surface area (Å²) in [5, 5.41) is 7.73. The predicted octanol–water partition coefficient (Wildman–Crippen LogP) is 6.79. The molecule has 0 saturated carbocycles. The van der Waals surface area contributed by atoms with Crippen LogP contribution in [0.25, 0.3) is 32.9 Å². The molecule has 2 aromatic carbocycles. The van der Waals surface area contributed by atoms with Gasteiger partial charge in [-0.05, 0) is 58.4 Å². The Morgan fingerprint density at radius 3 is 2.78 bits per heavy atom. The van der Waals surface area contributed by atoms with E-state index in [2.05, 4.69) is 25.3 Å². The van der Waals surface area contributed by atoms with Gasteiger partial charge in [-0.15, -0.1) is 0 Å². The Morgan fingerprint density at radius 2 is 2.00 bits per heavy atom. The van der Waals surface area contributed by atoms with Crippen molar-refractivity contribution in [2.75, 3.05) is 50.1 Å². The molecule has 2 fully saturated rings. The van der Waals surface area contributed by atoms with Gasteiger partial charge in [0.2, 0.25) is 0 Å². The second-order valence-electron chi connectivity index (χ2n) is 15.0. The Kier molecular flexibility index (Phi) is 8.99. The highest BCUT2D eigenvalue weighted by molar-refractivity contribution is 6.37. The van der Waals surface area contributed by atoms with Crippen LogP contribution in [0, 0.1) is 11.6 Å². The minimum Gasteiger partial charge on any atom is -0.489 e. The van der Waals surface area contributed by atoms with Crippen LogP contribution in [0.1, 0.15) is 51.6 Å². The highest BCUT2D eigenvalue weighted by atomic mass is 35.5. The van der Waals surface area contributed by atoms with Crippen molar-refractivity contribution >= 4 is 51.0 Å². The van der Waals surface area contributed by atoms with Gasteiger partial charge in [0.15, 0.2) is 17.6 Å². The average Bonchev–Trinajstić information content (AvgIpc) is 3.74. The largest absolute Gasteiger partial charge is 0.489 e. The quantitative estimate of drug-likeness (QED) is 0.168. The Hall–Kier alpha value is -4.89. The van der Waals surface area contributed by atoms with E-state index in [1.54, 1.807) is 70.4 Å². The van der Waals surface area contributed by atoms with Crippen LogP contribution >= 0.6 is 11.6 Å². The number of carbonyl (C=O) groups excluding carboxylic acids is 1. The minimum atomic E-state index is -1.17. The molecule has 2 saturated heterocycles. The molecule has 6 heterocycles. The van der Waals surface area contributed by atoms with E-state index < -0.39 is 41.0 Å². The van der Waals surface area contributed by atoms with Crippen LogP contribution in [-0.4, -0.2) is 92.8 Å². The van der Waals surface area contributed by atoms with Gasteiger partial charge < -0.3 is 24.4 Å². The van der Waals surface area contributed by atoms with Gasteiger partial charge in [-0.2, -0.15) is 15.1 Å². The third kappa shape index (κ3) is 6.01. The lowest BCUT2D eigenvalue weighted by Crippen LogP contribution is -2.43. The number of esters is 1. The van der Waals surface area contributed by atoms with Gasteiger partial charge in [-0.3, -0.25) is 9.58 Å². The number of halogens is 4. The molecule has 3 aromatic heterocycles. The van der Waals surface area contributed by atoms with E-state index >= 15 is 8.78 Å². The molecule has 3 aliphatic heterocycles. The summed E-state index contributed by atoms with van der Waals surface area (Å²) in [7, 11) is 3.31. The minimum absolute atomic E-state index is 0.00489. The Balaban J connectivity index is 1.38. The van der Waals surface area contributed by atoms with Gasteiger partial charge in [-0.1, -0.05) is 17.7 Å². The molecule has 16 heteroatoms. The van der Waals surface area contributed by atoms with Crippen LogP contribution in [-0.2, 0) is 16.6 Å². The summed E-state index contributed by atoms with van der Waals surface area (Å²) < 4.78 is 68.2. The first-order valence-corrected chi connectivity index (χ1v) is 18.3. The fourth-order valence-electron chi connectivity index (χ4n) is 8.22. The molecule has 1 N–H and O–H groups in total. The van der Waals surface area contributed by atoms with Gasteiger partial charge >= 0.3 is 12.0 Å². The third-order valence-electron chi connectivity index (χ3n) is 10.4. The number of pyridine rings is 1. The number of aryl methyl sites for hydroxylation is 1. The average molecular weight is 765 g/mol. The topological polar surface area (TPSA) is 120 Å². The van der Waals surface area contributed by atoms with E-state index in [9.17, 15) is 9.18 Å². The van der Waals surface area contributed by atoms with Crippen molar-refractivity contribution in [1.82, 2.24) is 29.6 Å². The Labute approximate surface area is 314 Å². The molecule has 284 valence electrons. The van der Waals surface area contributed by atoms with Crippen LogP contribution < -0.4 is 19.7 Å². The number of carbonyl (C=O) groups is 1. The van der Waals surface area contributed by atoms with E-state index in [0.717, 1.165) is 13.0 Å². The zero-order valence-electron chi connectivity index (χ0n) is 30.6. The van der Waals surface area contributed by atoms with E-state index in [1.165, 1.54) is 10.7 Å². The number of fused-ring (bicyclic) bond motifs is 2. The van der Waals surface area contributed by atoms with Gasteiger partial charge in [0.25, 0.3) is 0 Å². The summed E-state index contributed by atoms with van der Waals surface area (Å²) in [5.74, 6) is -1.83. The first-order valence-electron chi connectivity index (χ1n) is 17.9. The Morgan fingerprint density at radius 1 is 1.19 bits per heavy atom. The number of aromatic nitrogens is 5. The van der Waals surface area contributed by atoms with Crippen LogP contribution in [0.5, 0.6) is 11.8 Å². The van der Waals surface area contributed by atoms with Crippen LogP contribution in [0.3, 0.4) is 0 Å². The summed E-state index contributed by atoms with van der Waals surface area (Å²) in [6.07, 6.45) is 4.02. The van der Waals surface area contributed by atoms with Gasteiger partial charge in [0.05, 0.1) is 34.2 Å². The molecule has 0 amide bonds. The molecule has 0 unspecified atom stereocenters. The number of nitrogens with zero attached hydrogens (tertiary/aromatic N) is 7. The standard InChI is InChI=1S/C38H40ClF3N8O4/c1-37(2,3)54-35(51)31(22-8-6-12-44-33(22)43-4)50-14-15-52-32-26-29(28(42)25(27(32)39)24-23(41)10-9-20-17-45-48(5)30(20)24)46-36(47-34(26)50)53-19-38-11-7-13-49(38)18-21(40)16-38/h6,8-10,12,17,21,31H,7,11,13-16,18-19H2,1-5H3,(H,43,44)/t21-,31+,38+/m1/s1. The van der Waals surface area contributed by atoms with Crippen LogP contribution in [0.15, 0.2) is 36.7 Å². The second-order valence-corrected chi connectivity index (χ2v) is 15.4. The van der Waals surface area contributed by atoms with E-state index in [0.29, 0.717) is 35.2 Å². The second kappa shape index (κ2) is 13.4. The number of rotatable bonds is 8. The van der Waals surface area contributed by atoms with Crippen LogP contribution in [0.2, 0.25) is 5.02 Å². The number of ether oxygens (including phenoxy) is 3. The number of hydrogen-bond acceptors (Lipinski definition) is 11. The molecule has 12 nitrogen and oxygen atoms in total. The lowest BCUT2D eigenvalue weighted by atomic mass is 9.95. The lowest BCUT2D eigenvalue weighted by molar-refractivity contribution is -0.156. The number of hydrogen-bond donors (Lipinski definition) is 1. The summed E-state index contributed by atoms with van der Waals surface area (Å²) in [6, 6.07) is 4.83. The van der Waals surface area contributed by atoms with Crippen molar-refractivity contribution in [3.63, 3.8) is 0 Å². The third-order valence-corrected chi connectivity index (χ3v) is 10.8. The molecule has 5 aromatic rings. The molecular weight excluding hydrogens is 725 g/mol. The van der Waals surface area contributed by atoms with Crippen molar-refractivity contribution in [2.24, 2.45) is 7.05 Å². The smallest absolute Gasteiger partial charge is 0.334 e. The molecule has 0 aliphatic carbocycles. The molecule has 0 radical (unpaired) electrons. The summed E-state index contributed by atoms with van der Waals surface area (Å²) in [4.78, 5) is 31.9. The van der Waals surface area contributed by atoms with E-state index in [-0.39, 0.29) is 70.8 Å². The predicted molar refractivity (Wildman–Crippen MR) is 198 cm³/mol. The van der Waals surface area contributed by atoms with Gasteiger partial charge in [0, 0.05) is 55.3 Å². The van der Waals surface area contributed by atoms with Gasteiger partial charge in [0.1, 0.15) is 48.0 Å². The number of nitrogens with one attached hydrogen (secondary N) is 1. The molecule has 0 spiro atoms. The maximum atomic E-state index is 17.5.